The van der Waals surface area contributed by atoms with Gasteiger partial charge in [0, 0.05) is 22.5 Å². The first-order chi connectivity index (χ1) is 16.6. The number of ether oxygens (including phenoxy) is 2. The van der Waals surface area contributed by atoms with Gasteiger partial charge in [-0.3, -0.25) is 14.9 Å². The molecule has 3 aromatic carbocycles. The second kappa shape index (κ2) is 10.7. The molecule has 0 aliphatic rings. The van der Waals surface area contributed by atoms with Crippen LogP contribution in [0.2, 0.25) is 0 Å². The Labute approximate surface area is 204 Å². The molecule has 0 aliphatic heterocycles. The Hall–Kier alpha value is -4.33. The quantitative estimate of drug-likeness (QED) is 0.414. The minimum Gasteiger partial charge on any atom is -0.495 e. The van der Waals surface area contributed by atoms with E-state index in [9.17, 15) is 14.4 Å². The summed E-state index contributed by atoms with van der Waals surface area (Å²) in [6.07, 6.45) is -0.642. The third-order valence-corrected chi connectivity index (χ3v) is 4.88. The van der Waals surface area contributed by atoms with Gasteiger partial charge < -0.3 is 20.1 Å². The predicted molar refractivity (Wildman–Crippen MR) is 136 cm³/mol. The lowest BCUT2D eigenvalue weighted by Crippen LogP contribution is -2.27. The molecule has 0 aromatic heterocycles. The molecule has 0 heterocycles. The van der Waals surface area contributed by atoms with Gasteiger partial charge in [0.1, 0.15) is 11.4 Å². The van der Waals surface area contributed by atoms with Crippen LogP contribution in [0.1, 0.15) is 47.1 Å². The van der Waals surface area contributed by atoms with E-state index < -0.39 is 11.7 Å². The van der Waals surface area contributed by atoms with Gasteiger partial charge in [0.05, 0.1) is 12.8 Å². The summed E-state index contributed by atoms with van der Waals surface area (Å²) in [6.45, 7) is 7.13. The minimum atomic E-state index is -0.664. The van der Waals surface area contributed by atoms with Crippen LogP contribution in [0.3, 0.4) is 0 Å². The number of hydrogen-bond acceptors (Lipinski definition) is 5. The smallest absolute Gasteiger partial charge is 0.412 e. The first-order valence-corrected chi connectivity index (χ1v) is 11.0. The van der Waals surface area contributed by atoms with E-state index in [1.165, 1.54) is 7.11 Å². The molecule has 0 bridgehead atoms. The summed E-state index contributed by atoms with van der Waals surface area (Å²) in [5.41, 5.74) is 2.35. The molecular weight excluding hydrogens is 446 g/mol. The second-order valence-electron chi connectivity index (χ2n) is 8.85. The maximum absolute atomic E-state index is 12.9. The molecule has 0 aliphatic carbocycles. The molecule has 0 fully saturated rings. The Morgan fingerprint density at radius 1 is 0.743 bits per heavy atom. The molecule has 0 spiro atoms. The van der Waals surface area contributed by atoms with Crippen LogP contribution < -0.4 is 20.7 Å². The van der Waals surface area contributed by atoms with Crippen molar-refractivity contribution in [1.29, 1.82) is 0 Å². The standard InChI is InChI=1S/C27H29N3O5/c1-17-11-12-19(15-21(17)29-24(31)18-9-7-6-8-10-18)25(32)28-20-13-14-23(34-5)22(16-20)30-26(33)35-27(2,3)4/h6-16H,1-5H3,(H,28,32)(H,29,31)(H,30,33). The number of aryl methyl sites for hydroxylation is 1. The highest BCUT2D eigenvalue weighted by Crippen LogP contribution is 2.29. The molecule has 8 heteroatoms. The van der Waals surface area contributed by atoms with Crippen LogP contribution >= 0.6 is 0 Å². The van der Waals surface area contributed by atoms with E-state index in [1.807, 2.05) is 13.0 Å². The molecule has 0 saturated carbocycles. The summed E-state index contributed by atoms with van der Waals surface area (Å²) < 4.78 is 10.6. The Morgan fingerprint density at radius 2 is 1.43 bits per heavy atom. The van der Waals surface area contributed by atoms with E-state index >= 15 is 0 Å². The zero-order valence-corrected chi connectivity index (χ0v) is 20.4. The maximum atomic E-state index is 12.9. The molecule has 0 unspecified atom stereocenters. The number of benzene rings is 3. The number of methoxy groups -OCH3 is 1. The van der Waals surface area contributed by atoms with Crippen LogP contribution in [0.25, 0.3) is 0 Å². The SMILES string of the molecule is COc1ccc(NC(=O)c2ccc(C)c(NC(=O)c3ccccc3)c2)cc1NC(=O)OC(C)(C)C. The highest BCUT2D eigenvalue weighted by Gasteiger charge is 2.18. The van der Waals surface area contributed by atoms with Crippen LogP contribution in [0, 0.1) is 6.92 Å². The summed E-state index contributed by atoms with van der Waals surface area (Å²) >= 11 is 0. The average Bonchev–Trinajstić information content (AvgIpc) is 2.80. The normalized spacial score (nSPS) is 10.8. The number of nitrogens with one attached hydrogen (secondary N) is 3. The van der Waals surface area contributed by atoms with Crippen LogP contribution in [0.15, 0.2) is 66.7 Å². The van der Waals surface area contributed by atoms with Crippen molar-refractivity contribution in [3.8, 4) is 5.75 Å². The summed E-state index contributed by atoms with van der Waals surface area (Å²) in [7, 11) is 1.48. The van der Waals surface area contributed by atoms with Crippen molar-refractivity contribution in [2.75, 3.05) is 23.1 Å². The number of carbonyl (C=O) groups excluding carboxylic acids is 3. The summed E-state index contributed by atoms with van der Waals surface area (Å²) in [6, 6.07) is 18.8. The fraction of sp³-hybridized carbons (Fsp3) is 0.222. The zero-order chi connectivity index (χ0) is 25.6. The van der Waals surface area contributed by atoms with Crippen molar-refractivity contribution < 1.29 is 23.9 Å². The maximum Gasteiger partial charge on any atom is 0.412 e. The molecule has 182 valence electrons. The first-order valence-electron chi connectivity index (χ1n) is 11.0. The van der Waals surface area contributed by atoms with Gasteiger partial charge in [-0.1, -0.05) is 24.3 Å². The predicted octanol–water partition coefficient (Wildman–Crippen LogP) is 5.86. The third kappa shape index (κ3) is 7.07. The monoisotopic (exact) mass is 475 g/mol. The van der Waals surface area contributed by atoms with Crippen LogP contribution in [0.4, 0.5) is 21.9 Å². The Balaban J connectivity index is 1.76. The number of amides is 3. The summed E-state index contributed by atoms with van der Waals surface area (Å²) in [4.78, 5) is 37.7. The van der Waals surface area contributed by atoms with Crippen LogP contribution in [0.5, 0.6) is 5.75 Å². The molecule has 3 rings (SSSR count). The summed E-state index contributed by atoms with van der Waals surface area (Å²) in [5, 5.41) is 8.30. The molecule has 3 amide bonds. The van der Waals surface area contributed by atoms with E-state index in [-0.39, 0.29) is 11.8 Å². The van der Waals surface area contributed by atoms with E-state index in [0.29, 0.717) is 33.9 Å². The number of anilines is 3. The van der Waals surface area contributed by atoms with Gasteiger partial charge >= 0.3 is 6.09 Å². The first kappa shape index (κ1) is 25.3. The molecule has 3 aromatic rings. The average molecular weight is 476 g/mol. The molecule has 8 nitrogen and oxygen atoms in total. The highest BCUT2D eigenvalue weighted by atomic mass is 16.6. The van der Waals surface area contributed by atoms with Crippen molar-refractivity contribution in [3.05, 3.63) is 83.4 Å². The van der Waals surface area contributed by atoms with Gasteiger partial charge in [0.25, 0.3) is 11.8 Å². The number of hydrogen-bond donors (Lipinski definition) is 3. The topological polar surface area (TPSA) is 106 Å². The molecule has 0 radical (unpaired) electrons. The lowest BCUT2D eigenvalue weighted by molar-refractivity contribution is 0.0635. The molecule has 0 atom stereocenters. The lowest BCUT2D eigenvalue weighted by Gasteiger charge is -2.20. The lowest BCUT2D eigenvalue weighted by atomic mass is 10.1. The van der Waals surface area contributed by atoms with Crippen molar-refractivity contribution in [3.63, 3.8) is 0 Å². The van der Waals surface area contributed by atoms with Crippen molar-refractivity contribution in [1.82, 2.24) is 0 Å². The van der Waals surface area contributed by atoms with Crippen molar-refractivity contribution >= 4 is 35.0 Å². The summed E-state index contributed by atoms with van der Waals surface area (Å²) in [5.74, 6) is -0.233. The van der Waals surface area contributed by atoms with Crippen molar-refractivity contribution in [2.24, 2.45) is 0 Å². The van der Waals surface area contributed by atoms with Gasteiger partial charge in [-0.2, -0.15) is 0 Å². The van der Waals surface area contributed by atoms with E-state index in [0.717, 1.165) is 5.56 Å². The Kier molecular flexibility index (Phi) is 7.76. The van der Waals surface area contributed by atoms with Gasteiger partial charge in [-0.05, 0) is 75.7 Å². The van der Waals surface area contributed by atoms with E-state index in [1.54, 1.807) is 81.4 Å². The van der Waals surface area contributed by atoms with Crippen LogP contribution in [-0.2, 0) is 4.74 Å². The van der Waals surface area contributed by atoms with Gasteiger partial charge in [-0.15, -0.1) is 0 Å². The molecule has 3 N–H and O–H groups in total. The molecule has 0 saturated heterocycles. The van der Waals surface area contributed by atoms with Gasteiger partial charge in [-0.25, -0.2) is 4.79 Å². The molecule has 35 heavy (non-hydrogen) atoms. The number of carbonyl (C=O) groups is 3. The number of rotatable bonds is 6. The fourth-order valence-electron chi connectivity index (χ4n) is 3.18. The third-order valence-electron chi connectivity index (χ3n) is 4.88. The Bertz CT molecular complexity index is 1230. The van der Waals surface area contributed by atoms with Gasteiger partial charge in [0.15, 0.2) is 0 Å². The van der Waals surface area contributed by atoms with E-state index in [2.05, 4.69) is 16.0 Å². The molecular formula is C27H29N3O5. The second-order valence-corrected chi connectivity index (χ2v) is 8.85. The fourth-order valence-corrected chi connectivity index (χ4v) is 3.18. The van der Waals surface area contributed by atoms with Crippen molar-refractivity contribution in [2.45, 2.75) is 33.3 Å². The zero-order valence-electron chi connectivity index (χ0n) is 20.4. The van der Waals surface area contributed by atoms with Gasteiger partial charge in [0.2, 0.25) is 0 Å². The largest absolute Gasteiger partial charge is 0.495 e. The Morgan fingerprint density at radius 3 is 2.09 bits per heavy atom. The highest BCUT2D eigenvalue weighted by molar-refractivity contribution is 6.08. The minimum absolute atomic E-state index is 0.265. The van der Waals surface area contributed by atoms with E-state index in [4.69, 9.17) is 9.47 Å². The van der Waals surface area contributed by atoms with Crippen LogP contribution in [-0.4, -0.2) is 30.6 Å².